The van der Waals surface area contributed by atoms with Crippen LogP contribution in [0, 0.1) is 5.92 Å². The first-order valence-corrected chi connectivity index (χ1v) is 14.4. The first kappa shape index (κ1) is 36.5. The molecule has 1 aliphatic rings. The number of ether oxygens (including phenoxy) is 1. The molecule has 0 spiro atoms. The smallest absolute Gasteiger partial charge is 0.312 e. The van der Waals surface area contributed by atoms with Gasteiger partial charge in [-0.25, -0.2) is 4.79 Å². The number of nitrogens with two attached hydrogens (primary N) is 1. The Morgan fingerprint density at radius 1 is 0.977 bits per heavy atom. The number of carbonyl (C=O) groups excluding carboxylic acids is 7. The minimum Gasteiger partial charge on any atom is -0.463 e. The molecule has 2 rings (SSSR count). The molecular formula is C29H44N6O8. The Hall–Kier alpha value is -4.49. The Labute approximate surface area is 251 Å². The molecule has 0 saturated carbocycles. The fourth-order valence-electron chi connectivity index (χ4n) is 3.93. The maximum atomic E-state index is 12.6. The average molecular weight is 605 g/mol. The van der Waals surface area contributed by atoms with Gasteiger partial charge in [-0.3, -0.25) is 33.7 Å². The van der Waals surface area contributed by atoms with Gasteiger partial charge in [0.05, 0.1) is 6.54 Å². The molecule has 14 heteroatoms. The zero-order valence-corrected chi connectivity index (χ0v) is 25.1. The number of nitrogens with zero attached hydrogens (tertiary/aromatic N) is 1. The second-order valence-corrected chi connectivity index (χ2v) is 10.2. The van der Waals surface area contributed by atoms with Crippen molar-refractivity contribution in [2.45, 2.75) is 78.4 Å². The third kappa shape index (κ3) is 15.3. The number of urea groups is 1. The number of likely N-dealkylation sites (tertiary alicyclic amines) is 1. The quantitative estimate of drug-likeness (QED) is 0.0993. The van der Waals surface area contributed by atoms with Crippen LogP contribution >= 0.6 is 0 Å². The minimum absolute atomic E-state index is 0.136. The third-order valence-corrected chi connectivity index (χ3v) is 6.23. The Kier molecular flexibility index (Phi) is 17.3. The number of unbranched alkanes of at least 4 members (excludes halogenated alkanes) is 2. The highest BCUT2D eigenvalue weighted by Crippen LogP contribution is 2.14. The van der Waals surface area contributed by atoms with Crippen molar-refractivity contribution >= 4 is 47.7 Å². The van der Waals surface area contributed by atoms with Gasteiger partial charge in [0.2, 0.25) is 29.5 Å². The molecule has 1 fully saturated rings. The lowest BCUT2D eigenvalue weighted by Gasteiger charge is -2.21. The molecule has 6 N–H and O–H groups in total. The van der Waals surface area contributed by atoms with Crippen molar-refractivity contribution in [3.63, 3.8) is 0 Å². The molecule has 0 aromatic heterocycles. The van der Waals surface area contributed by atoms with E-state index in [1.807, 2.05) is 6.92 Å². The van der Waals surface area contributed by atoms with E-state index < -0.39 is 23.9 Å². The molecule has 238 valence electrons. The maximum Gasteiger partial charge on any atom is 0.312 e. The van der Waals surface area contributed by atoms with E-state index in [2.05, 4.69) is 26.0 Å². The fraction of sp³-hybridized carbons (Fsp3) is 0.552. The lowest BCUT2D eigenvalue weighted by Crippen LogP contribution is -2.51. The van der Waals surface area contributed by atoms with E-state index >= 15 is 0 Å². The third-order valence-electron chi connectivity index (χ3n) is 6.23. The summed E-state index contributed by atoms with van der Waals surface area (Å²) in [6, 6.07) is 5.48. The first-order chi connectivity index (χ1) is 20.5. The zero-order valence-electron chi connectivity index (χ0n) is 25.1. The summed E-state index contributed by atoms with van der Waals surface area (Å²) in [6.07, 6.45) is 3.56. The predicted octanol–water partition coefficient (Wildman–Crippen LogP) is 1.33. The van der Waals surface area contributed by atoms with Crippen LogP contribution in [0.5, 0.6) is 0 Å². The van der Waals surface area contributed by atoms with Crippen LogP contribution in [0.2, 0.25) is 0 Å². The monoisotopic (exact) mass is 604 g/mol. The second kappa shape index (κ2) is 20.4. The molecule has 1 saturated heterocycles. The number of amides is 7. The molecule has 14 nitrogen and oxygen atoms in total. The standard InChI is InChI=1S/C25H34N4O7.C4H10N2O/c1-17(2)24(28-20(31)6-4-3-5-13-29-22(33)11-12-23(29)34)25(35)26-14-21(32)27-19-9-7-18(8-10-19)15-36-16-30;1-2-3-6-4(5)7/h7-10,16-17,24H,3-6,11-15H2,1-2H3,(H,26,35)(H,27,32)(H,28,31);2-3H2,1H3,(H3,5,6,7). The average Bonchev–Trinajstić information content (AvgIpc) is 3.29. The number of benzene rings is 1. The van der Waals surface area contributed by atoms with Crippen LogP contribution in [0.4, 0.5) is 10.5 Å². The topological polar surface area (TPSA) is 206 Å². The van der Waals surface area contributed by atoms with Gasteiger partial charge in [-0.1, -0.05) is 39.3 Å². The van der Waals surface area contributed by atoms with E-state index in [-0.39, 0.29) is 56.1 Å². The summed E-state index contributed by atoms with van der Waals surface area (Å²) in [5.74, 6) is -1.64. The summed E-state index contributed by atoms with van der Waals surface area (Å²) in [6.45, 7) is 6.84. The van der Waals surface area contributed by atoms with Crippen LogP contribution in [0.25, 0.3) is 0 Å². The molecule has 1 unspecified atom stereocenters. The van der Waals surface area contributed by atoms with Gasteiger partial charge in [-0.15, -0.1) is 0 Å². The van der Waals surface area contributed by atoms with Crippen LogP contribution < -0.4 is 27.0 Å². The van der Waals surface area contributed by atoms with E-state index in [1.54, 1.807) is 38.1 Å². The zero-order chi connectivity index (χ0) is 32.2. The predicted molar refractivity (Wildman–Crippen MR) is 158 cm³/mol. The van der Waals surface area contributed by atoms with Crippen molar-refractivity contribution in [3.05, 3.63) is 29.8 Å². The van der Waals surface area contributed by atoms with Crippen molar-refractivity contribution in [2.24, 2.45) is 11.7 Å². The summed E-state index contributed by atoms with van der Waals surface area (Å²) in [5.41, 5.74) is 6.02. The molecule has 1 atom stereocenters. The summed E-state index contributed by atoms with van der Waals surface area (Å²) < 4.78 is 4.66. The number of hydrogen-bond acceptors (Lipinski definition) is 8. The van der Waals surface area contributed by atoms with Gasteiger partial charge in [-0.2, -0.15) is 0 Å². The van der Waals surface area contributed by atoms with Gasteiger partial charge < -0.3 is 31.7 Å². The summed E-state index contributed by atoms with van der Waals surface area (Å²) in [7, 11) is 0. The van der Waals surface area contributed by atoms with Gasteiger partial charge in [0.1, 0.15) is 12.6 Å². The molecule has 1 aromatic carbocycles. The van der Waals surface area contributed by atoms with Gasteiger partial charge in [-0.05, 0) is 42.9 Å². The molecule has 0 radical (unpaired) electrons. The molecule has 7 amide bonds. The summed E-state index contributed by atoms with van der Waals surface area (Å²) in [5, 5.41) is 10.4. The molecule has 1 aromatic rings. The Bertz CT molecular complexity index is 1080. The van der Waals surface area contributed by atoms with Gasteiger partial charge >= 0.3 is 6.03 Å². The van der Waals surface area contributed by atoms with Crippen LogP contribution in [0.1, 0.15) is 71.3 Å². The summed E-state index contributed by atoms with van der Waals surface area (Å²) in [4.78, 5) is 81.7. The maximum absolute atomic E-state index is 12.6. The van der Waals surface area contributed by atoms with E-state index in [0.717, 1.165) is 12.0 Å². The van der Waals surface area contributed by atoms with Crippen molar-refractivity contribution in [2.75, 3.05) is 25.0 Å². The highest BCUT2D eigenvalue weighted by Gasteiger charge is 2.28. The second-order valence-electron chi connectivity index (χ2n) is 10.2. The highest BCUT2D eigenvalue weighted by molar-refractivity contribution is 6.01. The number of anilines is 1. The van der Waals surface area contributed by atoms with Crippen molar-refractivity contribution in [1.82, 2.24) is 20.9 Å². The number of carbonyl (C=O) groups is 7. The highest BCUT2D eigenvalue weighted by atomic mass is 16.5. The molecule has 43 heavy (non-hydrogen) atoms. The van der Waals surface area contributed by atoms with Crippen molar-refractivity contribution in [1.29, 1.82) is 0 Å². The number of nitrogens with one attached hydrogen (secondary N) is 4. The molecular weight excluding hydrogens is 560 g/mol. The Morgan fingerprint density at radius 2 is 1.63 bits per heavy atom. The SMILES string of the molecule is CC(C)C(NC(=O)CCCCCN1C(=O)CCC1=O)C(=O)NCC(=O)Nc1ccc(COC=O)cc1.CCCNC(N)=O. The molecule has 0 aliphatic carbocycles. The number of imide groups is 1. The summed E-state index contributed by atoms with van der Waals surface area (Å²) >= 11 is 0. The van der Waals surface area contributed by atoms with E-state index in [1.165, 1.54) is 4.90 Å². The van der Waals surface area contributed by atoms with E-state index in [0.29, 0.717) is 44.5 Å². The minimum atomic E-state index is -0.790. The fourth-order valence-corrected chi connectivity index (χ4v) is 3.93. The normalized spacial score (nSPS) is 13.0. The van der Waals surface area contributed by atoms with Crippen molar-refractivity contribution < 1.29 is 38.3 Å². The van der Waals surface area contributed by atoms with Crippen LogP contribution in [-0.2, 0) is 40.1 Å². The largest absolute Gasteiger partial charge is 0.463 e. The van der Waals surface area contributed by atoms with Crippen LogP contribution in [0.3, 0.4) is 0 Å². The van der Waals surface area contributed by atoms with Crippen LogP contribution in [0.15, 0.2) is 24.3 Å². The molecule has 1 aliphatic heterocycles. The lowest BCUT2D eigenvalue weighted by atomic mass is 10.0. The first-order valence-electron chi connectivity index (χ1n) is 14.4. The molecule has 1 heterocycles. The van der Waals surface area contributed by atoms with Gasteiger partial charge in [0.25, 0.3) is 6.47 Å². The Morgan fingerprint density at radius 3 is 2.16 bits per heavy atom. The van der Waals surface area contributed by atoms with Gasteiger partial charge in [0.15, 0.2) is 0 Å². The Balaban J connectivity index is 0.00000117. The number of rotatable bonds is 17. The van der Waals surface area contributed by atoms with E-state index in [4.69, 9.17) is 5.73 Å². The van der Waals surface area contributed by atoms with Crippen molar-refractivity contribution in [3.8, 4) is 0 Å². The molecule has 0 bridgehead atoms. The lowest BCUT2D eigenvalue weighted by molar-refractivity contribution is -0.138. The van der Waals surface area contributed by atoms with Gasteiger partial charge in [0, 0.05) is 38.0 Å². The van der Waals surface area contributed by atoms with E-state index in [9.17, 15) is 33.6 Å². The number of hydrogen-bond donors (Lipinski definition) is 5. The number of primary amides is 1. The van der Waals surface area contributed by atoms with Crippen LogP contribution in [-0.4, -0.2) is 72.6 Å².